The fraction of sp³-hybridized carbons (Fsp3) is 0.278. The molecule has 0 fully saturated rings. The number of benzene rings is 4. The third-order valence-electron chi connectivity index (χ3n) is 7.43. The standard InChI is InChI=1S/C36H41N3O5S/c1-26(2)37-36(41)34(23-29-13-8-6-9-14-29)38(24-30-15-12-16-31(22-30)44-5)35(40)25-39(33-21-27(3)19-20-28(33)4)45(42,43)32-17-10-7-11-18-32/h6-22,26,34H,23-25H2,1-5H3,(H,37,41)/t34-/m0/s1. The molecule has 45 heavy (non-hydrogen) atoms. The highest BCUT2D eigenvalue weighted by atomic mass is 32.2. The molecule has 0 aliphatic carbocycles. The lowest BCUT2D eigenvalue weighted by molar-refractivity contribution is -0.140. The number of nitrogens with zero attached hydrogens (tertiary/aromatic N) is 2. The van der Waals surface area contributed by atoms with Gasteiger partial charge in [-0.05, 0) is 80.3 Å². The van der Waals surface area contributed by atoms with E-state index in [-0.39, 0.29) is 29.8 Å². The molecular formula is C36H41N3O5S. The Morgan fingerprint density at radius 3 is 2.11 bits per heavy atom. The van der Waals surface area contributed by atoms with Crippen LogP contribution in [0, 0.1) is 13.8 Å². The minimum atomic E-state index is -4.16. The summed E-state index contributed by atoms with van der Waals surface area (Å²) in [6.45, 7) is 6.96. The minimum Gasteiger partial charge on any atom is -0.497 e. The van der Waals surface area contributed by atoms with E-state index >= 15 is 0 Å². The van der Waals surface area contributed by atoms with Crippen LogP contribution in [0.1, 0.15) is 36.1 Å². The van der Waals surface area contributed by atoms with E-state index in [1.54, 1.807) is 37.4 Å². The van der Waals surface area contributed by atoms with E-state index in [1.807, 2.05) is 88.4 Å². The fourth-order valence-corrected chi connectivity index (χ4v) is 6.61. The molecule has 0 radical (unpaired) electrons. The lowest BCUT2D eigenvalue weighted by Crippen LogP contribution is -2.54. The van der Waals surface area contributed by atoms with Crippen molar-refractivity contribution in [3.8, 4) is 5.75 Å². The van der Waals surface area contributed by atoms with Crippen molar-refractivity contribution in [2.24, 2.45) is 0 Å². The molecule has 4 aromatic rings. The molecule has 4 rings (SSSR count). The average Bonchev–Trinajstić information content (AvgIpc) is 3.03. The third-order valence-corrected chi connectivity index (χ3v) is 9.21. The van der Waals surface area contributed by atoms with Gasteiger partial charge in [-0.2, -0.15) is 0 Å². The molecule has 236 valence electrons. The van der Waals surface area contributed by atoms with Gasteiger partial charge in [0, 0.05) is 19.0 Å². The molecule has 0 bridgehead atoms. The van der Waals surface area contributed by atoms with Crippen molar-refractivity contribution in [2.75, 3.05) is 18.0 Å². The summed E-state index contributed by atoms with van der Waals surface area (Å²) in [5, 5.41) is 2.98. The first-order chi connectivity index (χ1) is 21.5. The van der Waals surface area contributed by atoms with Gasteiger partial charge >= 0.3 is 0 Å². The maximum Gasteiger partial charge on any atom is 0.264 e. The van der Waals surface area contributed by atoms with Gasteiger partial charge in [0.25, 0.3) is 10.0 Å². The summed E-state index contributed by atoms with van der Waals surface area (Å²) in [5.74, 6) is -0.234. The van der Waals surface area contributed by atoms with E-state index in [0.717, 1.165) is 21.0 Å². The fourth-order valence-electron chi connectivity index (χ4n) is 5.12. The number of nitrogens with one attached hydrogen (secondary N) is 1. The second-order valence-corrected chi connectivity index (χ2v) is 13.2. The van der Waals surface area contributed by atoms with Gasteiger partial charge in [0.05, 0.1) is 17.7 Å². The van der Waals surface area contributed by atoms with Gasteiger partial charge in [0.1, 0.15) is 18.3 Å². The number of ether oxygens (including phenoxy) is 1. The van der Waals surface area contributed by atoms with Crippen LogP contribution in [0.5, 0.6) is 5.75 Å². The normalized spacial score (nSPS) is 12.0. The van der Waals surface area contributed by atoms with Crippen LogP contribution < -0.4 is 14.4 Å². The summed E-state index contributed by atoms with van der Waals surface area (Å²) >= 11 is 0. The molecule has 4 aromatic carbocycles. The zero-order valence-electron chi connectivity index (χ0n) is 26.4. The Hall–Kier alpha value is -4.63. The number of amides is 2. The number of rotatable bonds is 13. The van der Waals surface area contributed by atoms with Crippen LogP contribution in [0.4, 0.5) is 5.69 Å². The lowest BCUT2D eigenvalue weighted by atomic mass is 10.0. The van der Waals surface area contributed by atoms with Crippen molar-refractivity contribution in [1.29, 1.82) is 0 Å². The summed E-state index contributed by atoms with van der Waals surface area (Å²) < 4.78 is 35.0. The Bertz CT molecular complexity index is 1710. The Labute approximate surface area is 266 Å². The number of sulfonamides is 1. The number of hydrogen-bond acceptors (Lipinski definition) is 5. The minimum absolute atomic E-state index is 0.0606. The second-order valence-electron chi connectivity index (χ2n) is 11.4. The maximum absolute atomic E-state index is 14.6. The molecule has 0 saturated heterocycles. The topological polar surface area (TPSA) is 96.0 Å². The summed E-state index contributed by atoms with van der Waals surface area (Å²) in [5.41, 5.74) is 3.56. The van der Waals surface area contributed by atoms with Crippen LogP contribution in [0.15, 0.2) is 108 Å². The Kier molecular flexibility index (Phi) is 11.0. The van der Waals surface area contributed by atoms with E-state index in [9.17, 15) is 18.0 Å². The highest BCUT2D eigenvalue weighted by molar-refractivity contribution is 7.92. The first-order valence-electron chi connectivity index (χ1n) is 14.9. The molecule has 1 atom stereocenters. The van der Waals surface area contributed by atoms with E-state index in [2.05, 4.69) is 5.32 Å². The summed E-state index contributed by atoms with van der Waals surface area (Å²) in [7, 11) is -2.60. The SMILES string of the molecule is COc1cccc(CN(C(=O)CN(c2cc(C)ccc2C)S(=O)(=O)c2ccccc2)[C@@H](Cc2ccccc2)C(=O)NC(C)C)c1. The van der Waals surface area contributed by atoms with Gasteiger partial charge in [-0.15, -0.1) is 0 Å². The summed E-state index contributed by atoms with van der Waals surface area (Å²) in [4.78, 5) is 30.0. The van der Waals surface area contributed by atoms with Crippen molar-refractivity contribution in [1.82, 2.24) is 10.2 Å². The predicted octanol–water partition coefficient (Wildman–Crippen LogP) is 5.67. The highest BCUT2D eigenvalue weighted by Gasteiger charge is 2.35. The van der Waals surface area contributed by atoms with Gasteiger partial charge in [-0.25, -0.2) is 8.42 Å². The zero-order valence-corrected chi connectivity index (χ0v) is 27.3. The van der Waals surface area contributed by atoms with E-state index in [0.29, 0.717) is 17.0 Å². The second kappa shape index (κ2) is 14.9. The van der Waals surface area contributed by atoms with Crippen molar-refractivity contribution in [3.63, 3.8) is 0 Å². The van der Waals surface area contributed by atoms with E-state index in [4.69, 9.17) is 4.74 Å². The molecule has 0 heterocycles. The first kappa shape index (κ1) is 33.3. The Morgan fingerprint density at radius 1 is 0.822 bits per heavy atom. The number of anilines is 1. The van der Waals surface area contributed by atoms with Crippen LogP contribution in [0.3, 0.4) is 0 Å². The molecule has 2 amide bonds. The van der Waals surface area contributed by atoms with Crippen molar-refractivity contribution in [3.05, 3.63) is 125 Å². The summed E-state index contributed by atoms with van der Waals surface area (Å²) in [6, 6.07) is 29.2. The van der Waals surface area contributed by atoms with Crippen LogP contribution in [0.25, 0.3) is 0 Å². The van der Waals surface area contributed by atoms with Gasteiger partial charge in [0.15, 0.2) is 0 Å². The quantitative estimate of drug-likeness (QED) is 0.206. The van der Waals surface area contributed by atoms with Crippen LogP contribution in [-0.2, 0) is 32.6 Å². The lowest BCUT2D eigenvalue weighted by Gasteiger charge is -2.34. The number of methoxy groups -OCH3 is 1. The average molecular weight is 628 g/mol. The highest BCUT2D eigenvalue weighted by Crippen LogP contribution is 2.29. The molecule has 9 heteroatoms. The number of aryl methyl sites for hydroxylation is 2. The molecule has 0 spiro atoms. The summed E-state index contributed by atoms with van der Waals surface area (Å²) in [6.07, 6.45) is 0.240. The molecule has 0 aromatic heterocycles. The van der Waals surface area contributed by atoms with Crippen molar-refractivity contribution >= 4 is 27.5 Å². The zero-order chi connectivity index (χ0) is 32.6. The maximum atomic E-state index is 14.6. The molecule has 0 saturated carbocycles. The van der Waals surface area contributed by atoms with E-state index in [1.165, 1.54) is 17.0 Å². The molecule has 8 nitrogen and oxygen atoms in total. The number of carbonyl (C=O) groups excluding carboxylic acids is 2. The first-order valence-corrected chi connectivity index (χ1v) is 16.4. The van der Waals surface area contributed by atoms with Crippen LogP contribution in [-0.4, -0.2) is 50.9 Å². The smallest absolute Gasteiger partial charge is 0.264 e. The predicted molar refractivity (Wildman–Crippen MR) is 178 cm³/mol. The number of carbonyl (C=O) groups is 2. The van der Waals surface area contributed by atoms with Gasteiger partial charge in [-0.1, -0.05) is 72.8 Å². The molecule has 0 aliphatic rings. The molecule has 0 aliphatic heterocycles. The van der Waals surface area contributed by atoms with Gasteiger partial charge in [-0.3, -0.25) is 13.9 Å². The van der Waals surface area contributed by atoms with Gasteiger partial charge in [0.2, 0.25) is 11.8 Å². The molecule has 1 N–H and O–H groups in total. The number of hydrogen-bond donors (Lipinski definition) is 1. The van der Waals surface area contributed by atoms with E-state index < -0.39 is 28.5 Å². The van der Waals surface area contributed by atoms with Crippen molar-refractivity contribution < 1.29 is 22.7 Å². The monoisotopic (exact) mass is 627 g/mol. The van der Waals surface area contributed by atoms with Crippen molar-refractivity contribution in [2.45, 2.75) is 57.6 Å². The molecule has 0 unspecified atom stereocenters. The third kappa shape index (κ3) is 8.51. The van der Waals surface area contributed by atoms with Gasteiger partial charge < -0.3 is 15.0 Å². The molecular weight excluding hydrogens is 586 g/mol. The Balaban J connectivity index is 1.84. The Morgan fingerprint density at radius 2 is 1.47 bits per heavy atom. The van der Waals surface area contributed by atoms with Crippen LogP contribution in [0.2, 0.25) is 0 Å². The largest absolute Gasteiger partial charge is 0.497 e. The van der Waals surface area contributed by atoms with Crippen LogP contribution >= 0.6 is 0 Å².